The lowest BCUT2D eigenvalue weighted by Gasteiger charge is -2.10. The summed E-state index contributed by atoms with van der Waals surface area (Å²) < 4.78 is 39.0. The van der Waals surface area contributed by atoms with E-state index in [4.69, 9.17) is 4.74 Å². The fraction of sp³-hybridized carbons (Fsp3) is 0.0556. The van der Waals surface area contributed by atoms with Gasteiger partial charge >= 0.3 is 0 Å². The van der Waals surface area contributed by atoms with Gasteiger partial charge in [-0.1, -0.05) is 5.16 Å². The van der Waals surface area contributed by atoms with E-state index >= 15 is 0 Å². The Morgan fingerprint density at radius 1 is 1.11 bits per heavy atom. The van der Waals surface area contributed by atoms with Gasteiger partial charge in [-0.05, 0) is 43.3 Å². The van der Waals surface area contributed by atoms with Crippen LogP contribution in [0.4, 0.5) is 5.69 Å². The summed E-state index contributed by atoms with van der Waals surface area (Å²) >= 11 is 0. The normalized spacial score (nSPS) is 11.3. The van der Waals surface area contributed by atoms with Crippen LogP contribution in [0.5, 0.6) is 11.6 Å². The molecule has 3 heterocycles. The van der Waals surface area contributed by atoms with E-state index in [1.807, 2.05) is 29.1 Å². The van der Waals surface area contributed by atoms with Crippen molar-refractivity contribution in [2.24, 2.45) is 0 Å². The summed E-state index contributed by atoms with van der Waals surface area (Å²) in [6.45, 7) is 1.78. The zero-order valence-electron chi connectivity index (χ0n) is 14.7. The first kappa shape index (κ1) is 17.7. The van der Waals surface area contributed by atoms with Gasteiger partial charge in [0.05, 0.1) is 6.20 Å². The summed E-state index contributed by atoms with van der Waals surface area (Å²) in [5, 5.41) is 3.40. The van der Waals surface area contributed by atoms with Crippen molar-refractivity contribution in [3.63, 3.8) is 0 Å². The molecule has 0 aliphatic carbocycles. The summed E-state index contributed by atoms with van der Waals surface area (Å²) in [7, 11) is -3.75. The van der Waals surface area contributed by atoms with E-state index in [1.165, 1.54) is 0 Å². The molecule has 0 fully saturated rings. The number of benzene rings is 1. The summed E-state index contributed by atoms with van der Waals surface area (Å²) in [6, 6.07) is 12.0. The molecule has 0 saturated carbocycles. The third kappa shape index (κ3) is 3.86. The van der Waals surface area contributed by atoms with Crippen LogP contribution in [-0.2, 0) is 10.0 Å². The molecule has 1 aromatic carbocycles. The molecule has 0 aliphatic rings. The predicted molar refractivity (Wildman–Crippen MR) is 99.9 cm³/mol. The van der Waals surface area contributed by atoms with Crippen molar-refractivity contribution < 1.29 is 17.7 Å². The minimum atomic E-state index is -3.75. The predicted octanol–water partition coefficient (Wildman–Crippen LogP) is 3.16. The second-order valence-electron chi connectivity index (χ2n) is 5.79. The molecule has 0 aliphatic heterocycles. The molecule has 4 aromatic rings. The van der Waals surface area contributed by atoms with Crippen LogP contribution in [-0.4, -0.2) is 28.1 Å². The Kier molecular flexibility index (Phi) is 4.53. The first-order valence-corrected chi connectivity index (χ1v) is 9.67. The van der Waals surface area contributed by atoms with Gasteiger partial charge in [-0.3, -0.25) is 4.72 Å². The van der Waals surface area contributed by atoms with Crippen molar-refractivity contribution in [1.82, 2.24) is 19.7 Å². The highest BCUT2D eigenvalue weighted by molar-refractivity contribution is 7.92. The number of rotatable bonds is 6. The number of hydrogen-bond acceptors (Lipinski definition) is 7. The standard InChI is InChI=1S/C18H15N5O4S/c1-13-20-17(23-8-2-3-9-23)10-18(21-13)27-15-6-4-14(5-7-15)22-28(24,25)16-11-19-26-12-16/h2-12,22H,1H3. The van der Waals surface area contributed by atoms with Crippen LogP contribution in [0.3, 0.4) is 0 Å². The van der Waals surface area contributed by atoms with Gasteiger partial charge in [0.2, 0.25) is 5.88 Å². The second kappa shape index (κ2) is 7.16. The molecule has 0 amide bonds. The number of nitrogens with zero attached hydrogens (tertiary/aromatic N) is 4. The Labute approximate surface area is 160 Å². The summed E-state index contributed by atoms with van der Waals surface area (Å²) in [5.74, 6) is 2.14. The lowest BCUT2D eigenvalue weighted by Crippen LogP contribution is -2.11. The Bertz CT molecular complexity index is 1170. The molecule has 28 heavy (non-hydrogen) atoms. The van der Waals surface area contributed by atoms with Gasteiger partial charge in [0.1, 0.15) is 28.6 Å². The fourth-order valence-electron chi connectivity index (χ4n) is 2.45. The Morgan fingerprint density at radius 3 is 2.54 bits per heavy atom. The van der Waals surface area contributed by atoms with Gasteiger partial charge in [0.25, 0.3) is 10.0 Å². The molecule has 0 unspecified atom stereocenters. The topological polar surface area (TPSA) is 112 Å². The molecule has 3 aromatic heterocycles. The molecule has 1 N–H and O–H groups in total. The van der Waals surface area contributed by atoms with Crippen molar-refractivity contribution >= 4 is 15.7 Å². The van der Waals surface area contributed by atoms with Crippen molar-refractivity contribution in [3.8, 4) is 17.4 Å². The first-order chi connectivity index (χ1) is 13.5. The molecule has 0 saturated heterocycles. The van der Waals surface area contributed by atoms with Crippen molar-refractivity contribution in [2.75, 3.05) is 4.72 Å². The van der Waals surface area contributed by atoms with Crippen LogP contribution in [0.25, 0.3) is 5.82 Å². The number of sulfonamides is 1. The molecule has 0 atom stereocenters. The van der Waals surface area contributed by atoms with Crippen LogP contribution < -0.4 is 9.46 Å². The van der Waals surface area contributed by atoms with Gasteiger partial charge in [-0.25, -0.2) is 13.4 Å². The lowest BCUT2D eigenvalue weighted by atomic mass is 10.3. The van der Waals surface area contributed by atoms with Crippen LogP contribution >= 0.6 is 0 Å². The monoisotopic (exact) mass is 397 g/mol. The van der Waals surface area contributed by atoms with Gasteiger partial charge in [-0.2, -0.15) is 4.98 Å². The maximum absolute atomic E-state index is 12.2. The zero-order valence-corrected chi connectivity index (χ0v) is 15.5. The van der Waals surface area contributed by atoms with E-state index in [9.17, 15) is 8.42 Å². The smallest absolute Gasteiger partial charge is 0.266 e. The van der Waals surface area contributed by atoms with Crippen molar-refractivity contribution in [2.45, 2.75) is 11.8 Å². The molecule has 10 heteroatoms. The molecule has 4 rings (SSSR count). The van der Waals surface area contributed by atoms with Gasteiger partial charge in [-0.15, -0.1) is 0 Å². The van der Waals surface area contributed by atoms with Crippen molar-refractivity contribution in [1.29, 1.82) is 0 Å². The Morgan fingerprint density at radius 2 is 1.86 bits per heavy atom. The van der Waals surface area contributed by atoms with E-state index in [1.54, 1.807) is 37.3 Å². The number of ether oxygens (including phenoxy) is 1. The number of nitrogens with one attached hydrogen (secondary N) is 1. The molecule has 142 valence electrons. The molecule has 0 spiro atoms. The Hall–Kier alpha value is -3.66. The van der Waals surface area contributed by atoms with E-state index < -0.39 is 10.0 Å². The van der Waals surface area contributed by atoms with E-state index in [0.717, 1.165) is 12.5 Å². The maximum Gasteiger partial charge on any atom is 0.266 e. The van der Waals surface area contributed by atoms with E-state index in [0.29, 0.717) is 29.0 Å². The second-order valence-corrected chi connectivity index (χ2v) is 7.48. The fourth-order valence-corrected chi connectivity index (χ4v) is 3.37. The molecule has 0 bridgehead atoms. The molecule has 9 nitrogen and oxygen atoms in total. The number of aromatic nitrogens is 4. The first-order valence-electron chi connectivity index (χ1n) is 8.19. The van der Waals surface area contributed by atoms with E-state index in [2.05, 4.69) is 24.4 Å². The zero-order chi connectivity index (χ0) is 19.6. The minimum absolute atomic E-state index is 0.0539. The molecular formula is C18H15N5O4S. The maximum atomic E-state index is 12.2. The highest BCUT2D eigenvalue weighted by Gasteiger charge is 2.16. The van der Waals surface area contributed by atoms with Crippen LogP contribution in [0.1, 0.15) is 5.82 Å². The SMILES string of the molecule is Cc1nc(Oc2ccc(NS(=O)(=O)c3cnoc3)cc2)cc(-n2cccc2)n1. The summed E-state index contributed by atoms with van der Waals surface area (Å²) in [6.07, 6.45) is 5.93. The average molecular weight is 397 g/mol. The quantitative estimate of drug-likeness (QED) is 0.532. The molecular weight excluding hydrogens is 382 g/mol. The highest BCUT2D eigenvalue weighted by atomic mass is 32.2. The van der Waals surface area contributed by atoms with Crippen molar-refractivity contribution in [3.05, 3.63) is 73.1 Å². The minimum Gasteiger partial charge on any atom is -0.439 e. The van der Waals surface area contributed by atoms with Gasteiger partial charge in [0.15, 0.2) is 0 Å². The van der Waals surface area contributed by atoms with Gasteiger partial charge in [0, 0.05) is 24.1 Å². The third-order valence-corrected chi connectivity index (χ3v) is 5.05. The number of hydrogen-bond donors (Lipinski definition) is 1. The van der Waals surface area contributed by atoms with Crippen LogP contribution in [0.2, 0.25) is 0 Å². The lowest BCUT2D eigenvalue weighted by molar-refractivity contribution is 0.417. The Balaban J connectivity index is 1.51. The third-order valence-electron chi connectivity index (χ3n) is 3.72. The van der Waals surface area contributed by atoms with Crippen LogP contribution in [0.15, 0.2) is 76.7 Å². The van der Waals surface area contributed by atoms with Crippen LogP contribution in [0, 0.1) is 6.92 Å². The summed E-state index contributed by atoms with van der Waals surface area (Å²) in [4.78, 5) is 8.60. The van der Waals surface area contributed by atoms with Gasteiger partial charge < -0.3 is 13.8 Å². The number of anilines is 1. The summed E-state index contributed by atoms with van der Waals surface area (Å²) in [5.41, 5.74) is 0.375. The number of aryl methyl sites for hydroxylation is 1. The molecule has 0 radical (unpaired) electrons. The highest BCUT2D eigenvalue weighted by Crippen LogP contribution is 2.24. The average Bonchev–Trinajstić information content (AvgIpc) is 3.37. The van der Waals surface area contributed by atoms with E-state index in [-0.39, 0.29) is 4.90 Å². The largest absolute Gasteiger partial charge is 0.439 e.